The molecule has 0 aromatic carbocycles. The first-order valence-corrected chi connectivity index (χ1v) is 12.4. The topological polar surface area (TPSA) is 66.4 Å². The average Bonchev–Trinajstić information content (AvgIpc) is 2.63. The molecule has 0 amide bonds. The summed E-state index contributed by atoms with van der Waals surface area (Å²) >= 11 is 0. The number of hydrogen-bond donors (Lipinski definition) is 0. The zero-order valence-electron chi connectivity index (χ0n) is 20.4. The summed E-state index contributed by atoms with van der Waals surface area (Å²) in [6.45, 7) is 3.15. The third-order valence-electron chi connectivity index (χ3n) is 5.44. The molecule has 0 saturated carbocycles. The van der Waals surface area contributed by atoms with Gasteiger partial charge in [-0.25, -0.2) is 0 Å². The zero-order valence-corrected chi connectivity index (χ0v) is 20.4. The van der Waals surface area contributed by atoms with E-state index in [-0.39, 0.29) is 12.2 Å². The summed E-state index contributed by atoms with van der Waals surface area (Å²) in [5.74, 6) is -0.887. The molecule has 0 rings (SSSR count). The van der Waals surface area contributed by atoms with Crippen LogP contribution in [-0.4, -0.2) is 56.6 Å². The quantitative estimate of drug-likeness (QED) is 0.186. The van der Waals surface area contributed by atoms with Gasteiger partial charge in [0.25, 0.3) is 0 Å². The number of rotatable bonds is 22. The summed E-state index contributed by atoms with van der Waals surface area (Å²) in [4.78, 5) is 22.9. The van der Waals surface area contributed by atoms with Gasteiger partial charge in [-0.15, -0.1) is 0 Å². The molecule has 30 heavy (non-hydrogen) atoms. The molecule has 5 heteroatoms. The maximum atomic E-state index is 12.0. The molecule has 0 saturated heterocycles. The number of unbranched alkanes of at least 4 members (excludes halogenated alkanes) is 12. The second-order valence-corrected chi connectivity index (χ2v) is 9.82. The minimum absolute atomic E-state index is 0.122. The molecule has 0 spiro atoms. The van der Waals surface area contributed by atoms with Crippen molar-refractivity contribution in [3.05, 3.63) is 0 Å². The van der Waals surface area contributed by atoms with Gasteiger partial charge in [0.15, 0.2) is 0 Å². The number of ketones is 1. The van der Waals surface area contributed by atoms with Crippen LogP contribution in [0.25, 0.3) is 0 Å². The van der Waals surface area contributed by atoms with Crippen LogP contribution in [0.3, 0.4) is 0 Å². The van der Waals surface area contributed by atoms with E-state index in [0.29, 0.717) is 30.5 Å². The van der Waals surface area contributed by atoms with E-state index in [1.54, 1.807) is 0 Å². The van der Waals surface area contributed by atoms with E-state index in [4.69, 9.17) is 4.74 Å². The molecule has 0 N–H and O–H groups in total. The van der Waals surface area contributed by atoms with Gasteiger partial charge in [0.05, 0.1) is 27.7 Å². The summed E-state index contributed by atoms with van der Waals surface area (Å²) < 4.78 is 6.28. The third kappa shape index (κ3) is 21.8. The molecule has 0 fully saturated rings. The van der Waals surface area contributed by atoms with Crippen molar-refractivity contribution in [3.8, 4) is 0 Å². The van der Waals surface area contributed by atoms with Crippen molar-refractivity contribution in [2.24, 2.45) is 0 Å². The summed E-state index contributed by atoms with van der Waals surface area (Å²) in [6.07, 6.45) is 17.4. The lowest BCUT2D eigenvalue weighted by molar-refractivity contribution is -0.873. The van der Waals surface area contributed by atoms with Gasteiger partial charge in [-0.1, -0.05) is 84.0 Å². The van der Waals surface area contributed by atoms with E-state index in [1.807, 2.05) is 21.1 Å². The van der Waals surface area contributed by atoms with Gasteiger partial charge < -0.3 is 19.1 Å². The van der Waals surface area contributed by atoms with Gasteiger partial charge >= 0.3 is 0 Å². The maximum absolute atomic E-state index is 12.0. The van der Waals surface area contributed by atoms with Crippen molar-refractivity contribution in [2.75, 3.05) is 34.3 Å². The minimum atomic E-state index is -1.10. The Balaban J connectivity index is 3.57. The smallest absolute Gasteiger partial charge is 0.135 e. The van der Waals surface area contributed by atoms with Crippen LogP contribution < -0.4 is 5.11 Å². The number of quaternary nitrogens is 1. The number of hydrogen-bond acceptors (Lipinski definition) is 4. The van der Waals surface area contributed by atoms with E-state index < -0.39 is 12.1 Å². The van der Waals surface area contributed by atoms with Crippen molar-refractivity contribution in [1.29, 1.82) is 0 Å². The average molecular weight is 428 g/mol. The first kappa shape index (κ1) is 29.1. The molecule has 0 aliphatic carbocycles. The number of carbonyl (C=O) groups is 2. The van der Waals surface area contributed by atoms with E-state index in [1.165, 1.54) is 70.6 Å². The van der Waals surface area contributed by atoms with Crippen LogP contribution in [0.5, 0.6) is 0 Å². The van der Waals surface area contributed by atoms with Crippen molar-refractivity contribution >= 4 is 11.8 Å². The fourth-order valence-corrected chi connectivity index (χ4v) is 3.78. The highest BCUT2D eigenvalue weighted by molar-refractivity contribution is 5.78. The zero-order chi connectivity index (χ0) is 22.7. The van der Waals surface area contributed by atoms with Crippen LogP contribution in [-0.2, 0) is 14.3 Å². The molecule has 1 unspecified atom stereocenters. The molecule has 0 aromatic heterocycles. The summed E-state index contributed by atoms with van der Waals surface area (Å²) in [5, 5.41) is 10.9. The number of ether oxygens (including phenoxy) is 1. The van der Waals surface area contributed by atoms with Crippen LogP contribution in [0, 0.1) is 0 Å². The molecule has 0 radical (unpaired) electrons. The molecule has 0 aliphatic heterocycles. The molecule has 178 valence electrons. The van der Waals surface area contributed by atoms with Crippen molar-refractivity contribution in [1.82, 2.24) is 0 Å². The van der Waals surface area contributed by atoms with Crippen LogP contribution in [0.2, 0.25) is 0 Å². The lowest BCUT2D eigenvalue weighted by Crippen LogP contribution is -2.44. The molecule has 0 heterocycles. The van der Waals surface area contributed by atoms with E-state index in [2.05, 4.69) is 6.92 Å². The number of Topliss-reactive ketones (excluding diaryl/α,β-unsaturated/α-hetero) is 1. The lowest BCUT2D eigenvalue weighted by Gasteiger charge is -2.29. The predicted octanol–water partition coefficient (Wildman–Crippen LogP) is 4.66. The van der Waals surface area contributed by atoms with Crippen molar-refractivity contribution in [2.45, 2.75) is 116 Å². The highest BCUT2D eigenvalue weighted by atomic mass is 16.5. The molecule has 5 nitrogen and oxygen atoms in total. The Labute approximate surface area is 186 Å². The maximum Gasteiger partial charge on any atom is 0.135 e. The Bertz CT molecular complexity index is 431. The second-order valence-electron chi connectivity index (χ2n) is 9.82. The number of carboxylic acids is 1. The Morgan fingerprint density at radius 3 is 1.67 bits per heavy atom. The van der Waals surface area contributed by atoms with Gasteiger partial charge in [0, 0.05) is 25.2 Å². The highest BCUT2D eigenvalue weighted by Crippen LogP contribution is 2.13. The number of nitrogens with zero attached hydrogens (tertiary/aromatic N) is 1. The fourth-order valence-electron chi connectivity index (χ4n) is 3.78. The Morgan fingerprint density at radius 2 is 1.23 bits per heavy atom. The third-order valence-corrected chi connectivity index (χ3v) is 5.44. The van der Waals surface area contributed by atoms with Gasteiger partial charge in [-0.05, 0) is 6.42 Å². The first-order chi connectivity index (χ1) is 14.2. The largest absolute Gasteiger partial charge is 0.550 e. The Morgan fingerprint density at radius 1 is 0.767 bits per heavy atom. The monoisotopic (exact) mass is 427 g/mol. The van der Waals surface area contributed by atoms with Gasteiger partial charge in [-0.3, -0.25) is 4.79 Å². The fraction of sp³-hybridized carbons (Fsp3) is 0.920. The molecule has 1 atom stereocenters. The summed E-state index contributed by atoms with van der Waals surface area (Å²) in [6, 6.07) is 0. The Hall–Kier alpha value is -0.940. The highest BCUT2D eigenvalue weighted by Gasteiger charge is 2.19. The van der Waals surface area contributed by atoms with Gasteiger partial charge in [0.1, 0.15) is 18.4 Å². The van der Waals surface area contributed by atoms with Crippen LogP contribution in [0.1, 0.15) is 110 Å². The molecular weight excluding hydrogens is 378 g/mol. The molecular formula is C25H49NO4. The standard InChI is InChI=1S/C25H49NO4/c1-5-6-7-8-9-10-11-12-13-14-15-16-17-18-23(27)19-20-30-24(21-25(28)29)22-26(2,3)4/h24H,5-22H2,1-4H3. The molecule has 0 aromatic rings. The predicted molar refractivity (Wildman–Crippen MR) is 122 cm³/mol. The normalized spacial score (nSPS) is 12.8. The van der Waals surface area contributed by atoms with Crippen molar-refractivity contribution < 1.29 is 23.9 Å². The second kappa shape index (κ2) is 18.8. The number of aliphatic carboxylic acids is 1. The van der Waals surface area contributed by atoms with E-state index in [0.717, 1.165) is 12.8 Å². The number of carbonyl (C=O) groups excluding carboxylic acids is 2. The minimum Gasteiger partial charge on any atom is -0.550 e. The first-order valence-electron chi connectivity index (χ1n) is 12.4. The SMILES string of the molecule is CCCCCCCCCCCCCCCC(=O)CCOC(CC(=O)[O-])C[N+](C)(C)C. The summed E-state index contributed by atoms with van der Waals surface area (Å²) in [7, 11) is 5.97. The van der Waals surface area contributed by atoms with Gasteiger partial charge in [0.2, 0.25) is 0 Å². The van der Waals surface area contributed by atoms with Crippen LogP contribution >= 0.6 is 0 Å². The van der Waals surface area contributed by atoms with Crippen LogP contribution in [0.15, 0.2) is 0 Å². The van der Waals surface area contributed by atoms with E-state index >= 15 is 0 Å². The van der Waals surface area contributed by atoms with Crippen LogP contribution in [0.4, 0.5) is 0 Å². The van der Waals surface area contributed by atoms with Crippen molar-refractivity contribution in [3.63, 3.8) is 0 Å². The Kier molecular flexibility index (Phi) is 18.2. The number of likely N-dealkylation sites (N-methyl/N-ethyl adjacent to an activating group) is 1. The molecule has 0 aliphatic rings. The van der Waals surface area contributed by atoms with E-state index in [9.17, 15) is 14.7 Å². The summed E-state index contributed by atoms with van der Waals surface area (Å²) in [5.41, 5.74) is 0. The molecule has 0 bridgehead atoms. The van der Waals surface area contributed by atoms with Gasteiger partial charge in [-0.2, -0.15) is 0 Å². The number of carboxylic acid groups (broad SMARTS) is 1. The lowest BCUT2D eigenvalue weighted by atomic mass is 10.0.